The first-order valence-electron chi connectivity index (χ1n) is 24.8. The highest BCUT2D eigenvalue weighted by molar-refractivity contribution is 7.43. The normalized spacial score (nSPS) is 11.4. The van der Waals surface area contributed by atoms with Crippen LogP contribution in [0.2, 0.25) is 0 Å². The number of aryl methyl sites for hydroxylation is 3. The monoisotopic (exact) mass is 815 g/mol. The summed E-state index contributed by atoms with van der Waals surface area (Å²) in [5.74, 6) is 2.54. The fourth-order valence-corrected chi connectivity index (χ4v) is 9.09. The molecule has 0 aromatic heterocycles. The average Bonchev–Trinajstić information content (AvgIpc) is 3.24. The van der Waals surface area contributed by atoms with Crippen LogP contribution in [-0.4, -0.2) is 0 Å². The second kappa shape index (κ2) is 34.2. The molecule has 58 heavy (non-hydrogen) atoms. The number of benzene rings is 3. The number of rotatable bonds is 38. The van der Waals surface area contributed by atoms with Gasteiger partial charge in [-0.05, 0) is 104 Å². The van der Waals surface area contributed by atoms with E-state index in [4.69, 9.17) is 13.6 Å². The molecule has 0 N–H and O–H groups in total. The Labute approximate surface area is 360 Å². The Kier molecular flexibility index (Phi) is 29.4. The van der Waals surface area contributed by atoms with Crippen LogP contribution in [0.3, 0.4) is 0 Å². The van der Waals surface area contributed by atoms with Gasteiger partial charge in [-0.3, -0.25) is 0 Å². The van der Waals surface area contributed by atoms with Gasteiger partial charge in [-0.1, -0.05) is 218 Å². The molecule has 0 aliphatic heterocycles. The van der Waals surface area contributed by atoms with Gasteiger partial charge in [0, 0.05) is 0 Å². The van der Waals surface area contributed by atoms with Crippen LogP contribution in [0, 0.1) is 0 Å². The zero-order valence-electron chi connectivity index (χ0n) is 38.2. The highest BCUT2D eigenvalue weighted by Gasteiger charge is 2.23. The minimum absolute atomic E-state index is 0.804. The molecule has 0 radical (unpaired) electrons. The molecule has 0 spiro atoms. The first-order valence-corrected chi connectivity index (χ1v) is 25.9. The van der Waals surface area contributed by atoms with Crippen molar-refractivity contribution in [1.29, 1.82) is 0 Å². The predicted molar refractivity (Wildman–Crippen MR) is 255 cm³/mol. The summed E-state index contributed by atoms with van der Waals surface area (Å²) in [5.41, 5.74) is 5.55. The Morgan fingerprint density at radius 3 is 1.07 bits per heavy atom. The van der Waals surface area contributed by atoms with E-state index in [1.165, 1.54) is 202 Å². The lowest BCUT2D eigenvalue weighted by molar-refractivity contribution is 0.385. The zero-order valence-corrected chi connectivity index (χ0v) is 39.0. The van der Waals surface area contributed by atoms with Gasteiger partial charge in [0.1, 0.15) is 17.2 Å². The molecule has 0 bridgehead atoms. The first-order chi connectivity index (χ1) is 28.7. The van der Waals surface area contributed by atoms with Gasteiger partial charge < -0.3 is 13.6 Å². The van der Waals surface area contributed by atoms with Crippen LogP contribution >= 0.6 is 8.60 Å². The van der Waals surface area contributed by atoms with Gasteiger partial charge in [0.25, 0.3) is 0 Å². The third kappa shape index (κ3) is 23.3. The predicted octanol–water partition coefficient (Wildman–Crippen LogP) is 18.6. The summed E-state index contributed by atoms with van der Waals surface area (Å²) < 4.78 is 20.2. The molecule has 3 aromatic carbocycles. The minimum Gasteiger partial charge on any atom is -0.409 e. The van der Waals surface area contributed by atoms with E-state index in [9.17, 15) is 0 Å². The van der Waals surface area contributed by atoms with E-state index >= 15 is 0 Å². The van der Waals surface area contributed by atoms with E-state index in [2.05, 4.69) is 94.4 Å². The van der Waals surface area contributed by atoms with Gasteiger partial charge >= 0.3 is 8.60 Å². The highest BCUT2D eigenvalue weighted by Crippen LogP contribution is 2.44. The second-order valence-corrected chi connectivity index (χ2v) is 18.2. The van der Waals surface area contributed by atoms with E-state index in [1.54, 1.807) is 0 Å². The van der Waals surface area contributed by atoms with Crippen LogP contribution in [0.25, 0.3) is 0 Å². The Hall–Kier alpha value is -2.51. The van der Waals surface area contributed by atoms with Crippen molar-refractivity contribution >= 4 is 8.60 Å². The van der Waals surface area contributed by atoms with Crippen LogP contribution < -0.4 is 13.6 Å². The van der Waals surface area contributed by atoms with Crippen LogP contribution in [0.4, 0.5) is 0 Å². The molecular weight excluding hydrogens is 728 g/mol. The standard InChI is InChI=1S/C54H87O3P/c1-5-9-13-17-21-25-29-34-48-40-44-51(45-41-48)55-58(56-52-46-42-49(43-47-52)35-30-26-22-18-14-10-6-2)57-54-39-33-37-50(36-31-27-23-19-15-11-7-3)53(54)38-32-28-24-20-16-12-8-4/h33,37,39-47H,5-32,34-36,38H2,1-4H3. The molecule has 0 aliphatic rings. The Bertz CT molecular complexity index is 1310. The maximum Gasteiger partial charge on any atom is 0.530 e. The highest BCUT2D eigenvalue weighted by atomic mass is 31.2. The molecule has 3 rings (SSSR count). The van der Waals surface area contributed by atoms with Crippen molar-refractivity contribution in [2.24, 2.45) is 0 Å². The van der Waals surface area contributed by atoms with Crippen molar-refractivity contribution < 1.29 is 13.6 Å². The van der Waals surface area contributed by atoms with Gasteiger partial charge in [0.15, 0.2) is 0 Å². The average molecular weight is 815 g/mol. The van der Waals surface area contributed by atoms with Crippen LogP contribution in [0.5, 0.6) is 17.2 Å². The Balaban J connectivity index is 1.72. The summed E-state index contributed by atoms with van der Waals surface area (Å²) >= 11 is 0. The molecule has 0 fully saturated rings. The smallest absolute Gasteiger partial charge is 0.409 e. The number of hydrogen-bond donors (Lipinski definition) is 0. The fourth-order valence-electron chi connectivity index (χ4n) is 8.06. The van der Waals surface area contributed by atoms with Gasteiger partial charge in [0.05, 0.1) is 0 Å². The maximum absolute atomic E-state index is 6.90. The summed E-state index contributed by atoms with van der Waals surface area (Å²) in [6.07, 6.45) is 41.5. The molecule has 0 amide bonds. The third-order valence-electron chi connectivity index (χ3n) is 11.8. The maximum atomic E-state index is 6.90. The summed E-state index contributed by atoms with van der Waals surface area (Å²) in [4.78, 5) is 0. The summed E-state index contributed by atoms with van der Waals surface area (Å²) in [7, 11) is -1.73. The van der Waals surface area contributed by atoms with Crippen molar-refractivity contribution in [1.82, 2.24) is 0 Å². The molecule has 3 aromatic rings. The molecule has 3 nitrogen and oxygen atoms in total. The Morgan fingerprint density at radius 1 is 0.328 bits per heavy atom. The molecule has 0 heterocycles. The van der Waals surface area contributed by atoms with E-state index in [-0.39, 0.29) is 0 Å². The van der Waals surface area contributed by atoms with E-state index in [0.717, 1.165) is 42.9 Å². The molecule has 0 unspecified atom stereocenters. The van der Waals surface area contributed by atoms with E-state index < -0.39 is 8.60 Å². The fraction of sp³-hybridized carbons (Fsp3) is 0.667. The van der Waals surface area contributed by atoms with Crippen LogP contribution in [0.15, 0.2) is 66.7 Å². The quantitative estimate of drug-likeness (QED) is 0.0426. The topological polar surface area (TPSA) is 27.7 Å². The molecule has 0 atom stereocenters. The number of unbranched alkanes of at least 4 members (excludes halogenated alkanes) is 24. The van der Waals surface area contributed by atoms with Crippen molar-refractivity contribution in [2.45, 2.75) is 233 Å². The molecule has 0 aliphatic carbocycles. The summed E-state index contributed by atoms with van der Waals surface area (Å²) in [5, 5.41) is 0. The van der Waals surface area contributed by atoms with Gasteiger partial charge in [-0.25, -0.2) is 0 Å². The SMILES string of the molecule is CCCCCCCCCc1ccc(OP(Oc2ccc(CCCCCCCCC)cc2)Oc2cccc(CCCCCCCCC)c2CCCCCCCCC)cc1. The minimum atomic E-state index is -1.73. The molecule has 326 valence electrons. The molecule has 4 heteroatoms. The first kappa shape index (κ1) is 49.8. The van der Waals surface area contributed by atoms with Crippen molar-refractivity contribution in [3.8, 4) is 17.2 Å². The molecule has 0 saturated heterocycles. The molecule has 0 saturated carbocycles. The van der Waals surface area contributed by atoms with Crippen molar-refractivity contribution in [2.75, 3.05) is 0 Å². The Morgan fingerprint density at radius 2 is 0.672 bits per heavy atom. The lowest BCUT2D eigenvalue weighted by Gasteiger charge is -2.21. The van der Waals surface area contributed by atoms with Gasteiger partial charge in [-0.15, -0.1) is 0 Å². The lowest BCUT2D eigenvalue weighted by atomic mass is 9.95. The second-order valence-electron chi connectivity index (χ2n) is 17.2. The third-order valence-corrected chi connectivity index (χ3v) is 12.9. The van der Waals surface area contributed by atoms with Crippen LogP contribution in [-0.2, 0) is 25.7 Å². The van der Waals surface area contributed by atoms with Crippen molar-refractivity contribution in [3.63, 3.8) is 0 Å². The van der Waals surface area contributed by atoms with Crippen molar-refractivity contribution in [3.05, 3.63) is 89.0 Å². The zero-order chi connectivity index (χ0) is 41.1. The molecular formula is C54H87O3P. The van der Waals surface area contributed by atoms with E-state index in [0.29, 0.717) is 0 Å². The van der Waals surface area contributed by atoms with Gasteiger partial charge in [0.2, 0.25) is 0 Å². The van der Waals surface area contributed by atoms with Crippen LogP contribution in [0.1, 0.15) is 230 Å². The summed E-state index contributed by atoms with van der Waals surface area (Å²) in [6.45, 7) is 9.17. The van der Waals surface area contributed by atoms with Gasteiger partial charge in [-0.2, -0.15) is 0 Å². The number of hydrogen-bond acceptors (Lipinski definition) is 3. The van der Waals surface area contributed by atoms with E-state index in [1.807, 2.05) is 0 Å². The largest absolute Gasteiger partial charge is 0.530 e. The lowest BCUT2D eigenvalue weighted by Crippen LogP contribution is -2.06. The summed E-state index contributed by atoms with van der Waals surface area (Å²) in [6, 6.07) is 24.1.